The molecule has 0 saturated carbocycles. The molecule has 144 valence electrons. The average molecular weight is 409 g/mol. The number of rotatable bonds is 6. The minimum absolute atomic E-state index is 0.0491. The highest BCUT2D eigenvalue weighted by Gasteiger charge is 2.37. The van der Waals surface area contributed by atoms with E-state index in [2.05, 4.69) is 23.8 Å². The first-order valence-corrected chi connectivity index (χ1v) is 9.98. The fourth-order valence-corrected chi connectivity index (χ4v) is 3.96. The molecule has 0 aliphatic carbocycles. The zero-order valence-corrected chi connectivity index (χ0v) is 14.6. The average Bonchev–Trinajstić information content (AvgIpc) is 3.07. The second kappa shape index (κ2) is 6.93. The third-order valence-corrected chi connectivity index (χ3v) is 5.59. The van der Waals surface area contributed by atoms with Crippen LogP contribution in [0.5, 0.6) is 0 Å². The summed E-state index contributed by atoms with van der Waals surface area (Å²) in [5.74, 6) is 0.155. The molecule has 1 aliphatic rings. The van der Waals surface area contributed by atoms with Crippen LogP contribution in [0.1, 0.15) is 12.6 Å². The maximum atomic E-state index is 11.3. The fraction of sp³-hybridized carbons (Fsp3) is 0.500. The van der Waals surface area contributed by atoms with Crippen molar-refractivity contribution in [1.82, 2.24) is 19.5 Å². The van der Waals surface area contributed by atoms with E-state index in [1.807, 2.05) is 0 Å². The molecule has 0 amide bonds. The Morgan fingerprint density at radius 2 is 2.12 bits per heavy atom. The molecule has 0 spiro atoms. The number of imidazole rings is 1. The summed E-state index contributed by atoms with van der Waals surface area (Å²) in [6, 6.07) is 0. The van der Waals surface area contributed by atoms with Crippen molar-refractivity contribution in [1.29, 1.82) is 0 Å². The summed E-state index contributed by atoms with van der Waals surface area (Å²) in [7, 11) is -10.9. The molecule has 5 atom stereocenters. The molecule has 5 unspecified atom stereocenters. The summed E-state index contributed by atoms with van der Waals surface area (Å²) < 4.78 is 36.5. The number of nitrogens with zero attached hydrogens (tertiary/aromatic N) is 4. The molecule has 4 N–H and O–H groups in total. The Kier molecular flexibility index (Phi) is 5.14. The lowest BCUT2D eigenvalue weighted by atomic mass is 10.2. The van der Waals surface area contributed by atoms with E-state index in [1.165, 1.54) is 17.2 Å². The lowest BCUT2D eigenvalue weighted by Gasteiger charge is -2.28. The van der Waals surface area contributed by atoms with E-state index in [-0.39, 0.29) is 12.2 Å². The van der Waals surface area contributed by atoms with Crippen molar-refractivity contribution in [3.05, 3.63) is 12.7 Å². The predicted octanol–water partition coefficient (Wildman–Crippen LogP) is -1.98. The van der Waals surface area contributed by atoms with Crippen LogP contribution in [-0.4, -0.2) is 48.3 Å². The number of hydrogen-bond donors (Lipinski definition) is 3. The first-order chi connectivity index (χ1) is 12.1. The van der Waals surface area contributed by atoms with Crippen molar-refractivity contribution < 1.29 is 42.5 Å². The second-order valence-electron chi connectivity index (χ2n) is 5.31. The number of phosphoric acid groups is 2. The molecule has 0 radical (unpaired) electrons. The highest BCUT2D eigenvalue weighted by atomic mass is 31.3. The van der Waals surface area contributed by atoms with Crippen LogP contribution in [0.3, 0.4) is 0 Å². The first-order valence-electron chi connectivity index (χ1n) is 7.03. The Balaban J connectivity index is 1.69. The van der Waals surface area contributed by atoms with Gasteiger partial charge in [-0.05, 0) is 0 Å². The van der Waals surface area contributed by atoms with Crippen LogP contribution in [0.15, 0.2) is 12.7 Å². The third-order valence-electron chi connectivity index (χ3n) is 3.50. The summed E-state index contributed by atoms with van der Waals surface area (Å²) in [4.78, 5) is 42.0. The summed E-state index contributed by atoms with van der Waals surface area (Å²) in [5.41, 5.74) is 6.36. The molecular formula is C10H13N5O9P2-2. The topological polar surface area (TPSA) is 218 Å². The number of aromatic nitrogens is 4. The molecule has 16 heteroatoms. The Labute approximate surface area is 145 Å². The van der Waals surface area contributed by atoms with Gasteiger partial charge < -0.3 is 34.8 Å². The van der Waals surface area contributed by atoms with Crippen molar-refractivity contribution in [3.8, 4) is 0 Å². The highest BCUT2D eigenvalue weighted by Crippen LogP contribution is 2.52. The van der Waals surface area contributed by atoms with Gasteiger partial charge in [0.05, 0.1) is 19.0 Å². The molecule has 1 saturated heterocycles. The molecule has 26 heavy (non-hydrogen) atoms. The lowest BCUT2D eigenvalue weighted by Crippen LogP contribution is -2.27. The van der Waals surface area contributed by atoms with Gasteiger partial charge in [0.1, 0.15) is 24.2 Å². The summed E-state index contributed by atoms with van der Waals surface area (Å²) >= 11 is 0. The van der Waals surface area contributed by atoms with Gasteiger partial charge in [0.25, 0.3) is 15.6 Å². The van der Waals surface area contributed by atoms with E-state index >= 15 is 0 Å². The van der Waals surface area contributed by atoms with Gasteiger partial charge in [0.2, 0.25) is 0 Å². The minimum atomic E-state index is -5.54. The number of hydrogen-bond acceptors (Lipinski definition) is 12. The van der Waals surface area contributed by atoms with Gasteiger partial charge in [-0.2, -0.15) is 0 Å². The standard InChI is InChI=1S/C10H15N5O9P2/c11-9-8-10(13-3-12-9)15(4-14-8)7-1-5(16)6(23-7)2-22-26(20,21)24-25(17,18)19/h3-7,16H,1-2H2,(H,20,21)(H2,11,12,13)(H2,17,18,19)/p-2. The van der Waals surface area contributed by atoms with Crippen LogP contribution in [0.4, 0.5) is 5.82 Å². The molecule has 3 heterocycles. The molecule has 1 aliphatic heterocycles. The van der Waals surface area contributed by atoms with E-state index in [1.54, 1.807) is 0 Å². The van der Waals surface area contributed by atoms with Gasteiger partial charge in [0, 0.05) is 6.42 Å². The number of nitrogens with two attached hydrogens (primary N) is 1. The zero-order chi connectivity index (χ0) is 19.1. The molecule has 2 aromatic rings. The highest BCUT2D eigenvalue weighted by molar-refractivity contribution is 7.59. The lowest BCUT2D eigenvalue weighted by molar-refractivity contribution is -0.242. The Morgan fingerprint density at radius 1 is 1.38 bits per heavy atom. The largest absolute Gasteiger partial charge is 0.756 e. The van der Waals surface area contributed by atoms with Crippen molar-refractivity contribution in [3.63, 3.8) is 0 Å². The SMILES string of the molecule is Nc1ncnc2c1ncn2C1CC(O)C(COP(=O)([O-])OP(=O)([O-])O)O1. The summed E-state index contributed by atoms with van der Waals surface area (Å²) in [6.07, 6.45) is -0.362. The smallest absolute Gasteiger partial charge is 0.274 e. The maximum Gasteiger partial charge on any atom is 0.274 e. The predicted molar refractivity (Wildman–Crippen MR) is 78.7 cm³/mol. The molecule has 14 nitrogen and oxygen atoms in total. The molecule has 2 aromatic heterocycles. The van der Waals surface area contributed by atoms with E-state index in [9.17, 15) is 24.0 Å². The number of fused-ring (bicyclic) bond motifs is 1. The van der Waals surface area contributed by atoms with E-state index in [0.717, 1.165) is 0 Å². The number of nitrogen functional groups attached to an aromatic ring is 1. The number of aliphatic hydroxyl groups excluding tert-OH is 1. The molecule has 1 fully saturated rings. The van der Waals surface area contributed by atoms with Gasteiger partial charge in [-0.3, -0.25) is 13.7 Å². The van der Waals surface area contributed by atoms with Crippen LogP contribution < -0.4 is 15.5 Å². The fourth-order valence-electron chi connectivity index (χ4n) is 2.43. The van der Waals surface area contributed by atoms with Crippen LogP contribution in [0.25, 0.3) is 11.2 Å². The van der Waals surface area contributed by atoms with Gasteiger partial charge >= 0.3 is 0 Å². The van der Waals surface area contributed by atoms with Crippen LogP contribution >= 0.6 is 15.6 Å². The second-order valence-corrected chi connectivity index (χ2v) is 8.05. The number of aliphatic hydroxyl groups is 1. The molecular weight excluding hydrogens is 396 g/mol. The normalized spacial score (nSPS) is 28.1. The quantitative estimate of drug-likeness (QED) is 0.441. The van der Waals surface area contributed by atoms with Crippen molar-refractivity contribution in [2.24, 2.45) is 0 Å². The van der Waals surface area contributed by atoms with Crippen molar-refractivity contribution >= 4 is 32.6 Å². The van der Waals surface area contributed by atoms with Gasteiger partial charge in [-0.1, -0.05) is 0 Å². The van der Waals surface area contributed by atoms with Crippen LogP contribution in [0, 0.1) is 0 Å². The van der Waals surface area contributed by atoms with E-state index < -0.39 is 40.7 Å². The third kappa shape index (κ3) is 4.26. The van der Waals surface area contributed by atoms with Gasteiger partial charge in [-0.15, -0.1) is 0 Å². The maximum absolute atomic E-state index is 11.3. The Bertz CT molecular complexity index is 900. The molecule has 0 bridgehead atoms. The van der Waals surface area contributed by atoms with E-state index in [4.69, 9.17) is 15.4 Å². The molecule has 0 aromatic carbocycles. The zero-order valence-electron chi connectivity index (χ0n) is 12.8. The van der Waals surface area contributed by atoms with Crippen molar-refractivity contribution in [2.75, 3.05) is 12.3 Å². The number of ether oxygens (including phenoxy) is 1. The Hall–Kier alpha value is -1.47. The van der Waals surface area contributed by atoms with Crippen molar-refractivity contribution in [2.45, 2.75) is 24.9 Å². The molecule has 3 rings (SSSR count). The monoisotopic (exact) mass is 409 g/mol. The van der Waals surface area contributed by atoms with Crippen LogP contribution in [-0.2, 0) is 22.7 Å². The van der Waals surface area contributed by atoms with Gasteiger partial charge in [0.15, 0.2) is 11.5 Å². The Morgan fingerprint density at radius 3 is 2.81 bits per heavy atom. The first kappa shape index (κ1) is 19.3. The summed E-state index contributed by atoms with van der Waals surface area (Å²) in [6.45, 7) is -0.734. The number of phosphoric ester groups is 1. The minimum Gasteiger partial charge on any atom is -0.756 e. The van der Waals surface area contributed by atoms with Gasteiger partial charge in [-0.25, -0.2) is 19.3 Å². The van der Waals surface area contributed by atoms with E-state index in [0.29, 0.717) is 11.2 Å². The van der Waals surface area contributed by atoms with Crippen LogP contribution in [0.2, 0.25) is 0 Å². The number of anilines is 1. The summed E-state index contributed by atoms with van der Waals surface area (Å²) in [5, 5.41) is 10.0.